The molecule has 0 aliphatic carbocycles. The summed E-state index contributed by atoms with van der Waals surface area (Å²) in [5.74, 6) is 0. The fraction of sp³-hybridized carbons (Fsp3) is 0.556. The van der Waals surface area contributed by atoms with Crippen LogP contribution in [-0.2, 0) is 6.42 Å². The molecule has 0 fully saturated rings. The smallest absolute Gasteiger partial charge is 0.306 e. The molecule has 0 aliphatic rings. The van der Waals surface area contributed by atoms with E-state index >= 15 is 0 Å². The molecule has 1 N–H and O–H groups in total. The second-order valence-electron chi connectivity index (χ2n) is 3.18. The lowest BCUT2D eigenvalue weighted by Crippen LogP contribution is -2.36. The maximum Gasteiger partial charge on any atom is 0.401 e. The summed E-state index contributed by atoms with van der Waals surface area (Å²) >= 11 is 1.56. The minimum absolute atomic E-state index is 0.143. The van der Waals surface area contributed by atoms with E-state index in [1.165, 1.54) is 0 Å². The fourth-order valence-electron chi connectivity index (χ4n) is 1.09. The third-order valence-electron chi connectivity index (χ3n) is 1.74. The largest absolute Gasteiger partial charge is 0.401 e. The van der Waals surface area contributed by atoms with Crippen LogP contribution < -0.4 is 5.32 Å². The van der Waals surface area contributed by atoms with Gasteiger partial charge in [0.1, 0.15) is 0 Å². The van der Waals surface area contributed by atoms with Crippen LogP contribution in [0.25, 0.3) is 0 Å². The third-order valence-corrected chi connectivity index (χ3v) is 2.64. The molecule has 1 rings (SSSR count). The Kier molecular flexibility index (Phi) is 3.95. The van der Waals surface area contributed by atoms with Crippen molar-refractivity contribution in [2.45, 2.75) is 25.6 Å². The van der Waals surface area contributed by atoms with E-state index in [1.807, 2.05) is 17.5 Å². The summed E-state index contributed by atoms with van der Waals surface area (Å²) in [5, 5.41) is 4.36. The van der Waals surface area contributed by atoms with E-state index in [0.717, 1.165) is 4.88 Å². The second-order valence-corrected chi connectivity index (χ2v) is 4.21. The molecule has 1 nitrogen and oxygen atoms in total. The first-order valence-corrected chi connectivity index (χ1v) is 5.18. The minimum Gasteiger partial charge on any atom is -0.306 e. The molecule has 0 saturated carbocycles. The molecule has 0 bridgehead atoms. The van der Waals surface area contributed by atoms with Gasteiger partial charge in [-0.3, -0.25) is 0 Å². The van der Waals surface area contributed by atoms with Crippen LogP contribution in [0.3, 0.4) is 0 Å². The van der Waals surface area contributed by atoms with Gasteiger partial charge in [-0.25, -0.2) is 0 Å². The zero-order chi connectivity index (χ0) is 10.6. The number of thiophene rings is 1. The Bertz CT molecular complexity index is 256. The van der Waals surface area contributed by atoms with Gasteiger partial charge < -0.3 is 5.32 Å². The van der Waals surface area contributed by atoms with Crippen molar-refractivity contribution in [2.24, 2.45) is 0 Å². The van der Waals surface area contributed by atoms with Crippen molar-refractivity contribution in [3.05, 3.63) is 22.4 Å². The predicted octanol–water partition coefficient (Wildman–Crippen LogP) is 2.83. The zero-order valence-corrected chi connectivity index (χ0v) is 8.58. The second kappa shape index (κ2) is 4.79. The Morgan fingerprint density at radius 1 is 1.50 bits per heavy atom. The molecule has 1 atom stereocenters. The van der Waals surface area contributed by atoms with Crippen molar-refractivity contribution in [2.75, 3.05) is 6.54 Å². The highest BCUT2D eigenvalue weighted by molar-refractivity contribution is 7.09. The van der Waals surface area contributed by atoms with Crippen LogP contribution in [0.1, 0.15) is 11.8 Å². The summed E-state index contributed by atoms with van der Waals surface area (Å²) in [5.41, 5.74) is 0. The lowest BCUT2D eigenvalue weighted by atomic mass is 10.2. The summed E-state index contributed by atoms with van der Waals surface area (Å²) < 4.78 is 35.5. The Morgan fingerprint density at radius 3 is 2.71 bits per heavy atom. The van der Waals surface area contributed by atoms with Crippen LogP contribution in [0.4, 0.5) is 13.2 Å². The van der Waals surface area contributed by atoms with E-state index in [1.54, 1.807) is 18.3 Å². The van der Waals surface area contributed by atoms with Crippen LogP contribution in [0.15, 0.2) is 17.5 Å². The molecular formula is C9H12F3NS. The summed E-state index contributed by atoms with van der Waals surface area (Å²) in [6, 6.07) is 3.68. The van der Waals surface area contributed by atoms with Gasteiger partial charge in [0.05, 0.1) is 6.54 Å². The molecule has 1 aromatic rings. The van der Waals surface area contributed by atoms with Crippen LogP contribution in [-0.4, -0.2) is 18.8 Å². The summed E-state index contributed by atoms with van der Waals surface area (Å²) in [4.78, 5) is 1.10. The first kappa shape index (κ1) is 11.5. The first-order valence-electron chi connectivity index (χ1n) is 4.30. The van der Waals surface area contributed by atoms with Gasteiger partial charge in [-0.05, 0) is 24.8 Å². The summed E-state index contributed by atoms with van der Waals surface area (Å²) in [6.07, 6.45) is -3.47. The van der Waals surface area contributed by atoms with Crippen LogP contribution in [0, 0.1) is 0 Å². The van der Waals surface area contributed by atoms with Gasteiger partial charge in [-0.2, -0.15) is 13.2 Å². The number of hydrogen-bond acceptors (Lipinski definition) is 2. The highest BCUT2D eigenvalue weighted by atomic mass is 32.1. The van der Waals surface area contributed by atoms with Gasteiger partial charge in [-0.1, -0.05) is 6.07 Å². The molecule has 1 unspecified atom stereocenters. The van der Waals surface area contributed by atoms with Crippen molar-refractivity contribution < 1.29 is 13.2 Å². The van der Waals surface area contributed by atoms with Gasteiger partial charge >= 0.3 is 6.18 Å². The Balaban J connectivity index is 2.26. The van der Waals surface area contributed by atoms with Crippen molar-refractivity contribution in [1.29, 1.82) is 0 Å². The van der Waals surface area contributed by atoms with E-state index in [4.69, 9.17) is 0 Å². The predicted molar refractivity (Wildman–Crippen MR) is 51.5 cm³/mol. The fourth-order valence-corrected chi connectivity index (χ4v) is 1.93. The summed E-state index contributed by atoms with van der Waals surface area (Å²) in [7, 11) is 0. The molecule has 0 radical (unpaired) electrons. The SMILES string of the molecule is CC(Cc1cccs1)NCC(F)(F)F. The number of nitrogens with one attached hydrogen (secondary N) is 1. The quantitative estimate of drug-likeness (QED) is 0.827. The molecule has 0 amide bonds. The number of halogens is 3. The Morgan fingerprint density at radius 2 is 2.21 bits per heavy atom. The van der Waals surface area contributed by atoms with Crippen molar-refractivity contribution in [3.8, 4) is 0 Å². The molecule has 5 heteroatoms. The maximum atomic E-state index is 11.8. The van der Waals surface area contributed by atoms with Crippen LogP contribution in [0.2, 0.25) is 0 Å². The highest BCUT2D eigenvalue weighted by Gasteiger charge is 2.27. The van der Waals surface area contributed by atoms with E-state index in [9.17, 15) is 13.2 Å². The third kappa shape index (κ3) is 4.62. The van der Waals surface area contributed by atoms with Crippen molar-refractivity contribution >= 4 is 11.3 Å². The van der Waals surface area contributed by atoms with E-state index < -0.39 is 12.7 Å². The first-order chi connectivity index (χ1) is 6.47. The normalized spacial score (nSPS) is 14.3. The van der Waals surface area contributed by atoms with Crippen LogP contribution >= 0.6 is 11.3 Å². The molecule has 0 aliphatic heterocycles. The number of alkyl halides is 3. The van der Waals surface area contributed by atoms with E-state index in [2.05, 4.69) is 5.32 Å². The Hall–Kier alpha value is -0.550. The van der Waals surface area contributed by atoms with Gasteiger partial charge in [-0.15, -0.1) is 11.3 Å². The molecular weight excluding hydrogens is 211 g/mol. The Labute approximate surface area is 84.9 Å². The minimum atomic E-state index is -4.12. The molecule has 0 spiro atoms. The maximum absolute atomic E-state index is 11.8. The lowest BCUT2D eigenvalue weighted by molar-refractivity contribution is -0.126. The van der Waals surface area contributed by atoms with Gasteiger partial charge in [0, 0.05) is 10.9 Å². The molecule has 1 aromatic heterocycles. The monoisotopic (exact) mass is 223 g/mol. The van der Waals surface area contributed by atoms with E-state index in [-0.39, 0.29) is 6.04 Å². The average Bonchev–Trinajstić information content (AvgIpc) is 2.52. The van der Waals surface area contributed by atoms with Gasteiger partial charge in [0.2, 0.25) is 0 Å². The van der Waals surface area contributed by atoms with Crippen LogP contribution in [0.5, 0.6) is 0 Å². The van der Waals surface area contributed by atoms with Gasteiger partial charge in [0.25, 0.3) is 0 Å². The topological polar surface area (TPSA) is 12.0 Å². The molecule has 0 aromatic carbocycles. The standard InChI is InChI=1S/C9H12F3NS/c1-7(13-6-9(10,11)12)5-8-3-2-4-14-8/h2-4,7,13H,5-6H2,1H3. The molecule has 80 valence electrons. The number of hydrogen-bond donors (Lipinski definition) is 1. The molecule has 1 heterocycles. The zero-order valence-electron chi connectivity index (χ0n) is 7.77. The highest BCUT2D eigenvalue weighted by Crippen LogP contribution is 2.14. The van der Waals surface area contributed by atoms with E-state index in [0.29, 0.717) is 6.42 Å². The van der Waals surface area contributed by atoms with Gasteiger partial charge in [0.15, 0.2) is 0 Å². The van der Waals surface area contributed by atoms with Crippen molar-refractivity contribution in [1.82, 2.24) is 5.32 Å². The van der Waals surface area contributed by atoms with Crippen molar-refractivity contribution in [3.63, 3.8) is 0 Å². The summed E-state index contributed by atoms with van der Waals surface area (Å²) in [6.45, 7) is 0.838. The lowest BCUT2D eigenvalue weighted by Gasteiger charge is -2.14. The number of rotatable bonds is 4. The average molecular weight is 223 g/mol. The molecule has 14 heavy (non-hydrogen) atoms. The molecule has 0 saturated heterocycles.